The maximum Gasteiger partial charge on any atom is 0.336 e. The molecule has 0 amide bonds. The van der Waals surface area contributed by atoms with Gasteiger partial charge in [-0.3, -0.25) is 0 Å². The minimum Gasteiger partial charge on any atom is -0.425 e. The third kappa shape index (κ3) is 4.95. The van der Waals surface area contributed by atoms with E-state index in [2.05, 4.69) is 4.72 Å². The summed E-state index contributed by atoms with van der Waals surface area (Å²) in [6.07, 6.45) is 0.558. The number of aryl methyl sites for hydroxylation is 1. The summed E-state index contributed by atoms with van der Waals surface area (Å²) < 4.78 is 38.5. The topological polar surface area (TPSA) is 103 Å². The van der Waals surface area contributed by atoms with Crippen molar-refractivity contribution in [2.75, 3.05) is 0 Å². The number of esters is 1. The zero-order chi connectivity index (χ0) is 21.9. The molecule has 1 heterocycles. The second-order valence-electron chi connectivity index (χ2n) is 7.17. The third-order valence-corrected chi connectivity index (χ3v) is 6.35. The Morgan fingerprint density at radius 1 is 1.10 bits per heavy atom. The summed E-state index contributed by atoms with van der Waals surface area (Å²) in [6, 6.07) is 12.8. The maximum absolute atomic E-state index is 12.8. The molecule has 2 aromatic carbocycles. The molecule has 30 heavy (non-hydrogen) atoms. The van der Waals surface area contributed by atoms with Gasteiger partial charge in [-0.15, -0.1) is 0 Å². The lowest BCUT2D eigenvalue weighted by Gasteiger charge is -2.22. The van der Waals surface area contributed by atoms with Crippen molar-refractivity contribution in [1.29, 1.82) is 0 Å². The summed E-state index contributed by atoms with van der Waals surface area (Å²) in [5.41, 5.74) is 0.678. The van der Waals surface area contributed by atoms with Gasteiger partial charge in [-0.05, 0) is 43.2 Å². The lowest BCUT2D eigenvalue weighted by molar-refractivity contribution is -0.137. The van der Waals surface area contributed by atoms with Crippen molar-refractivity contribution in [3.8, 4) is 5.75 Å². The molecule has 0 fully saturated rings. The number of sulfonamides is 1. The summed E-state index contributed by atoms with van der Waals surface area (Å²) in [4.78, 5) is 24.3. The molecule has 0 radical (unpaired) electrons. The van der Waals surface area contributed by atoms with Gasteiger partial charge in [0.1, 0.15) is 17.4 Å². The molecular weight excluding hydrogens is 406 g/mol. The van der Waals surface area contributed by atoms with E-state index in [4.69, 9.17) is 9.15 Å². The summed E-state index contributed by atoms with van der Waals surface area (Å²) >= 11 is 0. The van der Waals surface area contributed by atoms with Crippen molar-refractivity contribution in [2.45, 2.75) is 38.1 Å². The first-order valence-electron chi connectivity index (χ1n) is 9.54. The Kier molecular flexibility index (Phi) is 6.38. The largest absolute Gasteiger partial charge is 0.425 e. The lowest BCUT2D eigenvalue weighted by atomic mass is 10.0. The predicted octanol–water partition coefficient (Wildman–Crippen LogP) is 3.40. The van der Waals surface area contributed by atoms with E-state index in [0.717, 1.165) is 5.56 Å². The maximum atomic E-state index is 12.8. The van der Waals surface area contributed by atoms with E-state index in [1.165, 1.54) is 24.3 Å². The SMILES string of the molecule is CCC(C)C(NS(=O)(=O)c1ccc(C)cc1)C(=O)Oc1ccc2ccc(=O)oc2c1. The van der Waals surface area contributed by atoms with Gasteiger partial charge in [-0.1, -0.05) is 38.0 Å². The first-order valence-corrected chi connectivity index (χ1v) is 11.0. The highest BCUT2D eigenvalue weighted by Crippen LogP contribution is 2.22. The summed E-state index contributed by atoms with van der Waals surface area (Å²) in [6.45, 7) is 5.48. The fourth-order valence-electron chi connectivity index (χ4n) is 2.87. The second-order valence-corrected chi connectivity index (χ2v) is 8.89. The van der Waals surface area contributed by atoms with Crippen molar-refractivity contribution in [1.82, 2.24) is 4.72 Å². The molecule has 0 bridgehead atoms. The third-order valence-electron chi connectivity index (χ3n) is 4.89. The van der Waals surface area contributed by atoms with Crippen molar-refractivity contribution in [2.24, 2.45) is 5.92 Å². The molecule has 1 N–H and O–H groups in total. The smallest absolute Gasteiger partial charge is 0.336 e. The molecule has 8 heteroatoms. The van der Waals surface area contributed by atoms with Crippen molar-refractivity contribution < 1.29 is 22.4 Å². The van der Waals surface area contributed by atoms with Gasteiger partial charge in [0, 0.05) is 17.5 Å². The van der Waals surface area contributed by atoms with Gasteiger partial charge < -0.3 is 9.15 Å². The van der Waals surface area contributed by atoms with E-state index in [-0.39, 0.29) is 22.1 Å². The molecule has 0 spiro atoms. The molecule has 0 aliphatic rings. The average Bonchev–Trinajstić information content (AvgIpc) is 2.71. The molecule has 3 rings (SSSR count). The molecule has 2 unspecified atom stereocenters. The number of benzene rings is 2. The monoisotopic (exact) mass is 429 g/mol. The number of carbonyl (C=O) groups is 1. The molecule has 0 aliphatic heterocycles. The Labute approximate surface area is 174 Å². The van der Waals surface area contributed by atoms with Gasteiger partial charge in [-0.25, -0.2) is 18.0 Å². The van der Waals surface area contributed by atoms with Crippen LogP contribution in [-0.2, 0) is 14.8 Å². The minimum atomic E-state index is -3.92. The van der Waals surface area contributed by atoms with Crippen LogP contribution in [0.4, 0.5) is 0 Å². The zero-order valence-electron chi connectivity index (χ0n) is 16.9. The summed E-state index contributed by atoms with van der Waals surface area (Å²) in [5.74, 6) is -0.890. The van der Waals surface area contributed by atoms with Gasteiger partial charge >= 0.3 is 11.6 Å². The quantitative estimate of drug-likeness (QED) is 0.351. The van der Waals surface area contributed by atoms with E-state index < -0.39 is 27.7 Å². The number of fused-ring (bicyclic) bond motifs is 1. The van der Waals surface area contributed by atoms with Crippen LogP contribution in [0.1, 0.15) is 25.8 Å². The summed E-state index contributed by atoms with van der Waals surface area (Å²) in [5, 5.41) is 0.674. The van der Waals surface area contributed by atoms with Crippen LogP contribution in [-0.4, -0.2) is 20.4 Å². The van der Waals surface area contributed by atoms with Gasteiger partial charge in [0.05, 0.1) is 4.90 Å². The van der Waals surface area contributed by atoms with Crippen LogP contribution in [0.5, 0.6) is 5.75 Å². The standard InChI is InChI=1S/C22H23NO6S/c1-4-15(3)21(23-30(26,27)18-10-5-14(2)6-11-18)22(25)28-17-9-7-16-8-12-20(24)29-19(16)13-17/h5-13,15,21,23H,4H2,1-3H3. The van der Waals surface area contributed by atoms with E-state index in [0.29, 0.717) is 11.8 Å². The fourth-order valence-corrected chi connectivity index (χ4v) is 4.16. The first kappa shape index (κ1) is 21.7. The van der Waals surface area contributed by atoms with Crippen molar-refractivity contribution in [3.63, 3.8) is 0 Å². The van der Waals surface area contributed by atoms with E-state index in [1.54, 1.807) is 37.3 Å². The lowest BCUT2D eigenvalue weighted by Crippen LogP contribution is -2.46. The Hall–Kier alpha value is -2.97. The molecule has 3 aromatic rings. The molecule has 2 atom stereocenters. The van der Waals surface area contributed by atoms with Crippen LogP contribution in [0.25, 0.3) is 11.0 Å². The molecular formula is C22H23NO6S. The highest BCUT2D eigenvalue weighted by atomic mass is 32.2. The van der Waals surface area contributed by atoms with Crippen molar-refractivity contribution in [3.05, 3.63) is 70.6 Å². The first-order chi connectivity index (χ1) is 14.2. The van der Waals surface area contributed by atoms with Crippen molar-refractivity contribution >= 4 is 27.0 Å². The van der Waals surface area contributed by atoms with Gasteiger partial charge in [-0.2, -0.15) is 4.72 Å². The number of ether oxygens (including phenoxy) is 1. The average molecular weight is 429 g/mol. The Bertz CT molecular complexity index is 1210. The molecule has 7 nitrogen and oxygen atoms in total. The zero-order valence-corrected chi connectivity index (χ0v) is 17.7. The molecule has 158 valence electrons. The van der Waals surface area contributed by atoms with Crippen LogP contribution in [0, 0.1) is 12.8 Å². The second kappa shape index (κ2) is 8.81. The number of nitrogens with one attached hydrogen (secondary N) is 1. The highest BCUT2D eigenvalue weighted by molar-refractivity contribution is 7.89. The van der Waals surface area contributed by atoms with Gasteiger partial charge in [0.25, 0.3) is 0 Å². The van der Waals surface area contributed by atoms with Crippen LogP contribution < -0.4 is 15.1 Å². The summed E-state index contributed by atoms with van der Waals surface area (Å²) in [7, 11) is -3.92. The number of rotatable bonds is 7. The van der Waals surface area contributed by atoms with Crippen LogP contribution in [0.2, 0.25) is 0 Å². The Balaban J connectivity index is 1.85. The fraction of sp³-hybridized carbons (Fsp3) is 0.273. The number of hydrogen-bond acceptors (Lipinski definition) is 6. The van der Waals surface area contributed by atoms with Gasteiger partial charge in [0.2, 0.25) is 10.0 Å². The molecule has 0 aliphatic carbocycles. The van der Waals surface area contributed by atoms with Crippen LogP contribution >= 0.6 is 0 Å². The number of hydrogen-bond donors (Lipinski definition) is 1. The normalized spacial score (nSPS) is 13.7. The van der Waals surface area contributed by atoms with E-state index in [1.807, 2.05) is 13.8 Å². The minimum absolute atomic E-state index is 0.0710. The highest BCUT2D eigenvalue weighted by Gasteiger charge is 2.31. The molecule has 0 saturated heterocycles. The predicted molar refractivity (Wildman–Crippen MR) is 113 cm³/mol. The van der Waals surface area contributed by atoms with E-state index >= 15 is 0 Å². The Morgan fingerprint density at radius 3 is 2.43 bits per heavy atom. The molecule has 1 aromatic heterocycles. The van der Waals surface area contributed by atoms with Gasteiger partial charge in [0.15, 0.2) is 0 Å². The molecule has 0 saturated carbocycles. The van der Waals surface area contributed by atoms with E-state index in [9.17, 15) is 18.0 Å². The Morgan fingerprint density at radius 2 is 1.77 bits per heavy atom. The number of carbonyl (C=O) groups excluding carboxylic acids is 1. The van der Waals surface area contributed by atoms with Crippen LogP contribution in [0.3, 0.4) is 0 Å². The van der Waals surface area contributed by atoms with Crippen LogP contribution in [0.15, 0.2) is 68.7 Å².